The SMILES string of the molecule is COc1ccccc1/C=C1\C(=O)ON=C1c1ccccc1[N+](=O)[O-]. The maximum Gasteiger partial charge on any atom is 0.368 e. The van der Waals surface area contributed by atoms with Crippen LogP contribution in [0.1, 0.15) is 11.1 Å². The molecule has 2 aromatic carbocycles. The Kier molecular flexibility index (Phi) is 4.07. The number of benzene rings is 2. The molecule has 2 aromatic rings. The summed E-state index contributed by atoms with van der Waals surface area (Å²) < 4.78 is 5.25. The predicted octanol–water partition coefficient (Wildman–Crippen LogP) is 2.95. The molecule has 3 rings (SSSR count). The Labute approximate surface area is 137 Å². The summed E-state index contributed by atoms with van der Waals surface area (Å²) in [7, 11) is 1.52. The Hall–Kier alpha value is -3.48. The molecular weight excluding hydrogens is 312 g/mol. The Bertz CT molecular complexity index is 886. The summed E-state index contributed by atoms with van der Waals surface area (Å²) in [6.07, 6.45) is 1.55. The van der Waals surface area contributed by atoms with Crippen LogP contribution >= 0.6 is 0 Å². The Balaban J connectivity index is 2.11. The lowest BCUT2D eigenvalue weighted by atomic mass is 9.99. The van der Waals surface area contributed by atoms with E-state index in [4.69, 9.17) is 9.57 Å². The fourth-order valence-corrected chi connectivity index (χ4v) is 2.38. The number of nitrogens with zero attached hydrogens (tertiary/aromatic N) is 2. The van der Waals surface area contributed by atoms with E-state index in [1.165, 1.54) is 19.2 Å². The van der Waals surface area contributed by atoms with E-state index in [-0.39, 0.29) is 22.5 Å². The molecule has 0 spiro atoms. The average molecular weight is 324 g/mol. The van der Waals surface area contributed by atoms with Crippen LogP contribution in [0.4, 0.5) is 5.69 Å². The van der Waals surface area contributed by atoms with Crippen molar-refractivity contribution in [1.29, 1.82) is 0 Å². The summed E-state index contributed by atoms with van der Waals surface area (Å²) >= 11 is 0. The highest BCUT2D eigenvalue weighted by Crippen LogP contribution is 2.28. The molecule has 0 unspecified atom stereocenters. The molecule has 120 valence electrons. The van der Waals surface area contributed by atoms with Crippen LogP contribution in [0.15, 0.2) is 59.3 Å². The van der Waals surface area contributed by atoms with Gasteiger partial charge in [0.05, 0.1) is 23.2 Å². The van der Waals surface area contributed by atoms with Gasteiger partial charge in [-0.05, 0) is 18.2 Å². The number of nitro groups is 1. The summed E-state index contributed by atoms with van der Waals surface area (Å²) in [5.41, 5.74) is 0.960. The molecule has 7 nitrogen and oxygen atoms in total. The van der Waals surface area contributed by atoms with Crippen molar-refractivity contribution in [3.05, 3.63) is 75.3 Å². The molecule has 1 heterocycles. The van der Waals surface area contributed by atoms with Crippen molar-refractivity contribution in [2.24, 2.45) is 5.16 Å². The van der Waals surface area contributed by atoms with Crippen molar-refractivity contribution in [3.63, 3.8) is 0 Å². The van der Waals surface area contributed by atoms with Gasteiger partial charge in [0.25, 0.3) is 5.69 Å². The van der Waals surface area contributed by atoms with Gasteiger partial charge in [-0.2, -0.15) is 0 Å². The number of carbonyl (C=O) groups is 1. The molecule has 0 atom stereocenters. The number of hydrogen-bond acceptors (Lipinski definition) is 6. The van der Waals surface area contributed by atoms with E-state index in [0.717, 1.165) is 0 Å². The predicted molar refractivity (Wildman–Crippen MR) is 86.7 cm³/mol. The van der Waals surface area contributed by atoms with Gasteiger partial charge in [-0.3, -0.25) is 10.1 Å². The molecule has 0 saturated carbocycles. The summed E-state index contributed by atoms with van der Waals surface area (Å²) in [5.74, 6) is -0.110. The number of nitro benzene ring substituents is 1. The zero-order valence-corrected chi connectivity index (χ0v) is 12.6. The topological polar surface area (TPSA) is 91.0 Å². The van der Waals surface area contributed by atoms with E-state index in [1.807, 2.05) is 0 Å². The highest BCUT2D eigenvalue weighted by atomic mass is 16.7. The molecular formula is C17H12N2O5. The summed E-state index contributed by atoms with van der Waals surface area (Å²) in [4.78, 5) is 27.4. The quantitative estimate of drug-likeness (QED) is 0.373. The number of methoxy groups -OCH3 is 1. The number of para-hydroxylation sites is 2. The number of ether oxygens (including phenoxy) is 1. The number of rotatable bonds is 4. The van der Waals surface area contributed by atoms with Crippen molar-refractivity contribution in [2.45, 2.75) is 0 Å². The molecule has 1 aliphatic heterocycles. The van der Waals surface area contributed by atoms with E-state index in [2.05, 4.69) is 5.16 Å². The van der Waals surface area contributed by atoms with Crippen LogP contribution in [0.2, 0.25) is 0 Å². The molecule has 0 fully saturated rings. The van der Waals surface area contributed by atoms with Crippen LogP contribution in [-0.4, -0.2) is 23.7 Å². The Morgan fingerprint density at radius 1 is 1.17 bits per heavy atom. The normalized spacial score (nSPS) is 15.1. The van der Waals surface area contributed by atoms with Gasteiger partial charge >= 0.3 is 5.97 Å². The first-order chi connectivity index (χ1) is 11.6. The first kappa shape index (κ1) is 15.4. The van der Waals surface area contributed by atoms with E-state index < -0.39 is 10.9 Å². The van der Waals surface area contributed by atoms with Crippen LogP contribution in [0, 0.1) is 10.1 Å². The lowest BCUT2D eigenvalue weighted by molar-refractivity contribution is -0.385. The molecule has 24 heavy (non-hydrogen) atoms. The van der Waals surface area contributed by atoms with E-state index in [0.29, 0.717) is 11.3 Å². The second-order valence-corrected chi connectivity index (χ2v) is 4.89. The third-order valence-electron chi connectivity index (χ3n) is 3.49. The number of hydrogen-bond donors (Lipinski definition) is 0. The molecule has 0 N–H and O–H groups in total. The van der Waals surface area contributed by atoms with Gasteiger partial charge in [0, 0.05) is 11.6 Å². The molecule has 0 saturated heterocycles. The van der Waals surface area contributed by atoms with E-state index >= 15 is 0 Å². The van der Waals surface area contributed by atoms with Gasteiger partial charge in [0.1, 0.15) is 11.5 Å². The molecule has 7 heteroatoms. The van der Waals surface area contributed by atoms with Gasteiger partial charge in [0.2, 0.25) is 0 Å². The molecule has 0 aliphatic carbocycles. The maximum atomic E-state index is 12.0. The zero-order chi connectivity index (χ0) is 17.1. The first-order valence-corrected chi connectivity index (χ1v) is 7.00. The van der Waals surface area contributed by atoms with Crippen LogP contribution in [0.3, 0.4) is 0 Å². The third kappa shape index (κ3) is 2.74. The van der Waals surface area contributed by atoms with Gasteiger partial charge < -0.3 is 9.57 Å². The highest BCUT2D eigenvalue weighted by Gasteiger charge is 2.31. The van der Waals surface area contributed by atoms with Crippen LogP contribution < -0.4 is 4.74 Å². The minimum absolute atomic E-state index is 0.123. The van der Waals surface area contributed by atoms with E-state index in [1.54, 1.807) is 42.5 Å². The fourth-order valence-electron chi connectivity index (χ4n) is 2.38. The number of carbonyl (C=O) groups excluding carboxylic acids is 1. The second-order valence-electron chi connectivity index (χ2n) is 4.89. The average Bonchev–Trinajstić information content (AvgIpc) is 2.96. The second kappa shape index (κ2) is 6.33. The third-order valence-corrected chi connectivity index (χ3v) is 3.49. The standard InChI is InChI=1S/C17H12N2O5/c1-23-15-9-5-2-6-11(15)10-13-16(18-24-17(13)20)12-7-3-4-8-14(12)19(21)22/h2-10H,1H3/b13-10-. The van der Waals surface area contributed by atoms with Gasteiger partial charge in [-0.1, -0.05) is 35.5 Å². The van der Waals surface area contributed by atoms with Gasteiger partial charge in [-0.15, -0.1) is 0 Å². The van der Waals surface area contributed by atoms with E-state index in [9.17, 15) is 14.9 Å². The van der Waals surface area contributed by atoms with Crippen LogP contribution in [-0.2, 0) is 9.63 Å². The van der Waals surface area contributed by atoms with Crippen molar-refractivity contribution in [3.8, 4) is 5.75 Å². The fraction of sp³-hybridized carbons (Fsp3) is 0.0588. The summed E-state index contributed by atoms with van der Waals surface area (Å²) in [6, 6.07) is 13.1. The first-order valence-electron chi connectivity index (χ1n) is 7.00. The number of oxime groups is 1. The van der Waals surface area contributed by atoms with Crippen molar-refractivity contribution < 1.29 is 19.3 Å². The monoisotopic (exact) mass is 324 g/mol. The summed E-state index contributed by atoms with van der Waals surface area (Å²) in [5, 5.41) is 14.9. The largest absolute Gasteiger partial charge is 0.496 e. The molecule has 0 radical (unpaired) electrons. The zero-order valence-electron chi connectivity index (χ0n) is 12.6. The van der Waals surface area contributed by atoms with Gasteiger partial charge in [0.15, 0.2) is 0 Å². The Morgan fingerprint density at radius 3 is 2.62 bits per heavy atom. The van der Waals surface area contributed by atoms with Gasteiger partial charge in [-0.25, -0.2) is 4.79 Å². The van der Waals surface area contributed by atoms with Crippen molar-refractivity contribution in [2.75, 3.05) is 7.11 Å². The Morgan fingerprint density at radius 2 is 1.88 bits per heavy atom. The molecule has 0 bridgehead atoms. The maximum absolute atomic E-state index is 12.0. The molecule has 1 aliphatic rings. The van der Waals surface area contributed by atoms with Crippen LogP contribution in [0.5, 0.6) is 5.75 Å². The molecule has 0 amide bonds. The highest BCUT2D eigenvalue weighted by molar-refractivity contribution is 6.32. The lowest BCUT2D eigenvalue weighted by Crippen LogP contribution is -2.09. The van der Waals surface area contributed by atoms with Crippen LogP contribution in [0.25, 0.3) is 6.08 Å². The smallest absolute Gasteiger partial charge is 0.368 e. The van der Waals surface area contributed by atoms with Crippen molar-refractivity contribution >= 4 is 23.4 Å². The minimum atomic E-state index is -0.672. The minimum Gasteiger partial charge on any atom is -0.496 e. The molecule has 0 aromatic heterocycles. The summed E-state index contributed by atoms with van der Waals surface area (Å²) in [6.45, 7) is 0. The lowest BCUT2D eigenvalue weighted by Gasteiger charge is -2.05. The van der Waals surface area contributed by atoms with Crippen molar-refractivity contribution in [1.82, 2.24) is 0 Å².